The molecule has 1 aromatic carbocycles. The fraction of sp³-hybridized carbons (Fsp3) is 0.682. The van der Waals surface area contributed by atoms with E-state index >= 15 is 0 Å². The number of carbonyl (C=O) groups is 1. The van der Waals surface area contributed by atoms with E-state index in [-0.39, 0.29) is 17.1 Å². The molecule has 3 aliphatic rings. The van der Waals surface area contributed by atoms with Crippen LogP contribution < -0.4 is 0 Å². The molecule has 2 aliphatic heterocycles. The van der Waals surface area contributed by atoms with Crippen molar-refractivity contribution in [1.82, 2.24) is 9.80 Å². The van der Waals surface area contributed by atoms with Gasteiger partial charge in [-0.1, -0.05) is 26.0 Å². The molecule has 3 fully saturated rings. The highest BCUT2D eigenvalue weighted by Gasteiger charge is 2.63. The van der Waals surface area contributed by atoms with Gasteiger partial charge in [0.25, 0.3) is 0 Å². The van der Waals surface area contributed by atoms with Crippen LogP contribution in [-0.2, 0) is 16.0 Å². The highest BCUT2D eigenvalue weighted by atomic mass is 19.1. The molecule has 1 saturated carbocycles. The Kier molecular flexibility index (Phi) is 5.02. The van der Waals surface area contributed by atoms with Crippen molar-refractivity contribution in [2.45, 2.75) is 33.1 Å². The molecule has 0 radical (unpaired) electrons. The fourth-order valence-electron chi connectivity index (χ4n) is 5.84. The maximum Gasteiger partial charge on any atom is 0.222 e. The van der Waals surface area contributed by atoms with Crippen molar-refractivity contribution in [3.8, 4) is 0 Å². The third-order valence-electron chi connectivity index (χ3n) is 6.91. The topological polar surface area (TPSA) is 32.8 Å². The van der Waals surface area contributed by atoms with E-state index in [9.17, 15) is 9.18 Å². The molecule has 1 aliphatic carbocycles. The van der Waals surface area contributed by atoms with Crippen molar-refractivity contribution in [3.63, 3.8) is 0 Å². The molecule has 0 spiro atoms. The quantitative estimate of drug-likeness (QED) is 0.794. The molecule has 2 heterocycles. The molecule has 1 amide bonds. The van der Waals surface area contributed by atoms with Crippen molar-refractivity contribution in [3.05, 3.63) is 35.6 Å². The van der Waals surface area contributed by atoms with E-state index in [0.29, 0.717) is 24.2 Å². The number of halogens is 1. The standard InChI is InChI=1S/C22H31FN2O2/c1-21(2)14-22(15-24-8-10-27-11-9-24)16-25(13-19(21)22)20(26)7-6-17-4-3-5-18(23)12-17/h3-5,12,19H,6-11,13-16H2,1-2H3/t19-,22+/m1/s1. The predicted octanol–water partition coefficient (Wildman–Crippen LogP) is 2.97. The minimum atomic E-state index is -0.231. The first-order valence-electron chi connectivity index (χ1n) is 10.2. The van der Waals surface area contributed by atoms with Crippen molar-refractivity contribution in [2.75, 3.05) is 45.9 Å². The van der Waals surface area contributed by atoms with Crippen LogP contribution in [0.25, 0.3) is 0 Å². The Balaban J connectivity index is 1.38. The van der Waals surface area contributed by atoms with E-state index in [0.717, 1.165) is 51.5 Å². The van der Waals surface area contributed by atoms with Crippen molar-refractivity contribution >= 4 is 5.91 Å². The Morgan fingerprint density at radius 2 is 2.07 bits per heavy atom. The molecule has 0 N–H and O–H groups in total. The second-order valence-electron chi connectivity index (χ2n) is 9.37. The van der Waals surface area contributed by atoms with Crippen LogP contribution >= 0.6 is 0 Å². The van der Waals surface area contributed by atoms with Crippen molar-refractivity contribution in [2.24, 2.45) is 16.7 Å². The molecule has 4 rings (SSSR count). The van der Waals surface area contributed by atoms with Gasteiger partial charge in [-0.25, -0.2) is 4.39 Å². The summed E-state index contributed by atoms with van der Waals surface area (Å²) >= 11 is 0. The summed E-state index contributed by atoms with van der Waals surface area (Å²) in [6.07, 6.45) is 2.26. The summed E-state index contributed by atoms with van der Waals surface area (Å²) in [6, 6.07) is 6.59. The fourth-order valence-corrected chi connectivity index (χ4v) is 5.84. The number of hydrogen-bond donors (Lipinski definition) is 0. The first-order valence-corrected chi connectivity index (χ1v) is 10.2. The summed E-state index contributed by atoms with van der Waals surface area (Å²) in [6.45, 7) is 11.2. The number of hydrogen-bond acceptors (Lipinski definition) is 3. The number of morpholine rings is 1. The Hall–Kier alpha value is -1.46. The molecule has 148 valence electrons. The SMILES string of the molecule is CC1(C)C[C@]2(CN3CCOCC3)CN(C(=O)CCc3cccc(F)c3)C[C@H]12. The number of aryl methyl sites for hydroxylation is 1. The summed E-state index contributed by atoms with van der Waals surface area (Å²) in [5.41, 5.74) is 1.45. The van der Waals surface area contributed by atoms with E-state index in [2.05, 4.69) is 23.6 Å². The van der Waals surface area contributed by atoms with Crippen molar-refractivity contribution in [1.29, 1.82) is 0 Å². The second kappa shape index (κ2) is 7.17. The van der Waals surface area contributed by atoms with Gasteiger partial charge in [0.05, 0.1) is 13.2 Å². The van der Waals surface area contributed by atoms with Crippen LogP contribution in [0.4, 0.5) is 4.39 Å². The van der Waals surface area contributed by atoms with Crippen LogP contribution in [0.2, 0.25) is 0 Å². The first-order chi connectivity index (χ1) is 12.9. The Bertz CT molecular complexity index is 701. The molecule has 27 heavy (non-hydrogen) atoms. The van der Waals surface area contributed by atoms with Crippen LogP contribution in [0.1, 0.15) is 32.3 Å². The minimum Gasteiger partial charge on any atom is -0.379 e. The lowest BCUT2D eigenvalue weighted by molar-refractivity contribution is -0.130. The average molecular weight is 375 g/mol. The van der Waals surface area contributed by atoms with Gasteiger partial charge in [0.1, 0.15) is 5.82 Å². The lowest BCUT2D eigenvalue weighted by atomic mass is 9.48. The molecule has 0 aromatic heterocycles. The van der Waals surface area contributed by atoms with Crippen LogP contribution in [0.15, 0.2) is 24.3 Å². The van der Waals surface area contributed by atoms with Crippen LogP contribution in [0, 0.1) is 22.6 Å². The number of fused-ring (bicyclic) bond motifs is 1. The lowest BCUT2D eigenvalue weighted by Crippen LogP contribution is -2.59. The Morgan fingerprint density at radius 1 is 1.30 bits per heavy atom. The van der Waals surface area contributed by atoms with E-state index in [1.54, 1.807) is 6.07 Å². The van der Waals surface area contributed by atoms with Gasteiger partial charge >= 0.3 is 0 Å². The largest absolute Gasteiger partial charge is 0.379 e. The normalized spacial score (nSPS) is 30.0. The van der Waals surface area contributed by atoms with Gasteiger partial charge in [-0.3, -0.25) is 9.69 Å². The number of nitrogens with zero attached hydrogens (tertiary/aromatic N) is 2. The monoisotopic (exact) mass is 374 g/mol. The summed E-state index contributed by atoms with van der Waals surface area (Å²) in [7, 11) is 0. The summed E-state index contributed by atoms with van der Waals surface area (Å²) < 4.78 is 18.8. The van der Waals surface area contributed by atoms with E-state index in [1.807, 2.05) is 6.07 Å². The first kappa shape index (κ1) is 18.9. The summed E-state index contributed by atoms with van der Waals surface area (Å²) in [5.74, 6) is 0.558. The lowest BCUT2D eigenvalue weighted by Gasteiger charge is -2.58. The molecule has 0 unspecified atom stereocenters. The average Bonchev–Trinajstić information content (AvgIpc) is 2.95. The van der Waals surface area contributed by atoms with Gasteiger partial charge in [0, 0.05) is 44.6 Å². The van der Waals surface area contributed by atoms with Crippen LogP contribution in [-0.4, -0.2) is 61.6 Å². The number of carbonyl (C=O) groups excluding carboxylic acids is 1. The molecule has 4 nitrogen and oxygen atoms in total. The minimum absolute atomic E-state index is 0.214. The third-order valence-corrected chi connectivity index (χ3v) is 6.91. The highest BCUT2D eigenvalue weighted by Crippen LogP contribution is 2.63. The number of amides is 1. The molecule has 5 heteroatoms. The number of benzene rings is 1. The predicted molar refractivity (Wildman–Crippen MR) is 103 cm³/mol. The van der Waals surface area contributed by atoms with Gasteiger partial charge in [-0.2, -0.15) is 0 Å². The van der Waals surface area contributed by atoms with Gasteiger partial charge in [-0.05, 0) is 41.9 Å². The van der Waals surface area contributed by atoms with Crippen molar-refractivity contribution < 1.29 is 13.9 Å². The van der Waals surface area contributed by atoms with Gasteiger partial charge in [-0.15, -0.1) is 0 Å². The number of rotatable bonds is 5. The second-order valence-corrected chi connectivity index (χ2v) is 9.37. The van der Waals surface area contributed by atoms with E-state index in [1.165, 1.54) is 18.6 Å². The van der Waals surface area contributed by atoms with Gasteiger partial charge < -0.3 is 9.64 Å². The zero-order valence-corrected chi connectivity index (χ0v) is 16.5. The smallest absolute Gasteiger partial charge is 0.222 e. The van der Waals surface area contributed by atoms with Gasteiger partial charge in [0.15, 0.2) is 0 Å². The number of ether oxygens (including phenoxy) is 1. The molecular weight excluding hydrogens is 343 g/mol. The molecule has 2 saturated heterocycles. The van der Waals surface area contributed by atoms with Crippen LogP contribution in [0.5, 0.6) is 0 Å². The third kappa shape index (κ3) is 3.77. The molecule has 1 aromatic rings. The number of likely N-dealkylation sites (tertiary alicyclic amines) is 1. The molecule has 0 bridgehead atoms. The molecule has 2 atom stereocenters. The molecular formula is C22H31FN2O2. The zero-order chi connectivity index (χ0) is 19.1. The Labute approximate surface area is 161 Å². The van der Waals surface area contributed by atoms with Crippen LogP contribution in [0.3, 0.4) is 0 Å². The summed E-state index contributed by atoms with van der Waals surface area (Å²) in [4.78, 5) is 17.5. The van der Waals surface area contributed by atoms with E-state index < -0.39 is 0 Å². The summed E-state index contributed by atoms with van der Waals surface area (Å²) in [5, 5.41) is 0. The maximum absolute atomic E-state index is 13.4. The van der Waals surface area contributed by atoms with Gasteiger partial charge in [0.2, 0.25) is 5.91 Å². The van der Waals surface area contributed by atoms with E-state index in [4.69, 9.17) is 4.74 Å². The maximum atomic E-state index is 13.4. The highest BCUT2D eigenvalue weighted by molar-refractivity contribution is 5.77. The Morgan fingerprint density at radius 3 is 2.78 bits per heavy atom. The zero-order valence-electron chi connectivity index (χ0n) is 16.5.